The molecule has 1 rings (SSSR count). The van der Waals surface area contributed by atoms with Gasteiger partial charge in [0.15, 0.2) is 0 Å². The van der Waals surface area contributed by atoms with Crippen LogP contribution in [0.15, 0.2) is 18.2 Å². The lowest BCUT2D eigenvalue weighted by Crippen LogP contribution is -2.43. The van der Waals surface area contributed by atoms with Gasteiger partial charge >= 0.3 is 12.2 Å². The predicted molar refractivity (Wildman–Crippen MR) is 75.5 cm³/mol. The zero-order valence-electron chi connectivity index (χ0n) is 12.4. The first kappa shape index (κ1) is 19.2. The Morgan fingerprint density at radius 1 is 1.39 bits per heavy atom. The number of carbonyl (C=O) groups is 1. The Bertz CT molecular complexity index is 537. The minimum absolute atomic E-state index is 0.242. The highest BCUT2D eigenvalue weighted by Crippen LogP contribution is 2.21. The quantitative estimate of drug-likeness (QED) is 0.697. The molecule has 0 bridgehead atoms. The van der Waals surface area contributed by atoms with Crippen LogP contribution >= 0.6 is 0 Å². The largest absolute Gasteiger partial charge is 0.394 e. The molecular weight excluding hydrogens is 320 g/mol. The van der Waals surface area contributed by atoms with Crippen LogP contribution in [0.4, 0.5) is 28.0 Å². The summed E-state index contributed by atoms with van der Waals surface area (Å²) in [5.74, 6) is -0.509. The number of rotatable bonds is 6. The van der Waals surface area contributed by atoms with Crippen LogP contribution in [0, 0.1) is 12.7 Å². The molecule has 0 fully saturated rings. The van der Waals surface area contributed by atoms with E-state index in [2.05, 4.69) is 5.32 Å². The molecule has 0 spiro atoms. The maximum atomic E-state index is 13.0. The van der Waals surface area contributed by atoms with E-state index in [1.165, 1.54) is 13.0 Å². The first-order valence-electron chi connectivity index (χ1n) is 6.80. The van der Waals surface area contributed by atoms with E-state index in [1.807, 2.05) is 0 Å². The van der Waals surface area contributed by atoms with Crippen molar-refractivity contribution in [2.45, 2.75) is 25.6 Å². The standard InChI is InChI=1S/C14H18F4N2O3/c1-9-6-10(15)2-3-12(9)19-13(23)20(7-11(22)8-21)5-4-14(16,17)18/h2-3,6,11,21-22H,4-5,7-8H2,1H3,(H,19,23)/t11-/m0/s1. The number of aliphatic hydroxyl groups excluding tert-OH is 2. The molecule has 2 amide bonds. The number of carbonyl (C=O) groups excluding carboxylic acids is 1. The van der Waals surface area contributed by atoms with Gasteiger partial charge in [0, 0.05) is 12.2 Å². The van der Waals surface area contributed by atoms with E-state index in [4.69, 9.17) is 5.11 Å². The van der Waals surface area contributed by atoms with Crippen LogP contribution in [0.3, 0.4) is 0 Å². The van der Waals surface area contributed by atoms with Gasteiger partial charge in [-0.25, -0.2) is 9.18 Å². The first-order chi connectivity index (χ1) is 10.6. The van der Waals surface area contributed by atoms with Crippen molar-refractivity contribution in [2.24, 2.45) is 0 Å². The second-order valence-corrected chi connectivity index (χ2v) is 5.04. The molecule has 0 aliphatic heterocycles. The molecule has 0 saturated heterocycles. The monoisotopic (exact) mass is 338 g/mol. The van der Waals surface area contributed by atoms with Gasteiger partial charge in [0.1, 0.15) is 5.82 Å². The highest BCUT2D eigenvalue weighted by molar-refractivity contribution is 5.90. The first-order valence-corrected chi connectivity index (χ1v) is 6.80. The van der Waals surface area contributed by atoms with E-state index < -0.39 is 50.2 Å². The van der Waals surface area contributed by atoms with Crippen LogP contribution in [0.1, 0.15) is 12.0 Å². The molecule has 0 unspecified atom stereocenters. The number of anilines is 1. The van der Waals surface area contributed by atoms with Crippen LogP contribution in [0.25, 0.3) is 0 Å². The normalized spacial score (nSPS) is 12.8. The molecule has 0 radical (unpaired) electrons. The van der Waals surface area contributed by atoms with Crippen LogP contribution < -0.4 is 5.32 Å². The van der Waals surface area contributed by atoms with E-state index in [0.717, 1.165) is 17.0 Å². The number of nitrogens with one attached hydrogen (secondary N) is 1. The van der Waals surface area contributed by atoms with E-state index >= 15 is 0 Å². The summed E-state index contributed by atoms with van der Waals surface area (Å²) in [6.07, 6.45) is -7.07. The van der Waals surface area contributed by atoms with Gasteiger partial charge in [0.25, 0.3) is 0 Å². The van der Waals surface area contributed by atoms with Crippen LogP contribution in [-0.4, -0.2) is 53.1 Å². The van der Waals surface area contributed by atoms with E-state index in [-0.39, 0.29) is 5.69 Å². The summed E-state index contributed by atoms with van der Waals surface area (Å²) in [7, 11) is 0. The van der Waals surface area contributed by atoms with Gasteiger partial charge in [0.05, 0.1) is 25.7 Å². The average molecular weight is 338 g/mol. The number of benzene rings is 1. The summed E-state index contributed by atoms with van der Waals surface area (Å²) in [6, 6.07) is 2.67. The summed E-state index contributed by atoms with van der Waals surface area (Å²) >= 11 is 0. The van der Waals surface area contributed by atoms with E-state index in [9.17, 15) is 27.5 Å². The number of nitrogens with zero attached hydrogens (tertiary/aromatic N) is 1. The molecule has 1 atom stereocenters. The molecule has 1 aromatic carbocycles. The van der Waals surface area contributed by atoms with Crippen molar-refractivity contribution in [3.63, 3.8) is 0 Å². The predicted octanol–water partition coefficient (Wildman–Crippen LogP) is 2.27. The van der Waals surface area contributed by atoms with E-state index in [0.29, 0.717) is 5.56 Å². The molecule has 0 aliphatic rings. The number of alkyl halides is 3. The molecule has 0 aliphatic carbocycles. The molecule has 3 N–H and O–H groups in total. The van der Waals surface area contributed by atoms with Gasteiger partial charge in [-0.15, -0.1) is 0 Å². The number of aliphatic hydroxyl groups is 2. The van der Waals surface area contributed by atoms with Crippen LogP contribution in [0.2, 0.25) is 0 Å². The molecule has 1 aromatic rings. The molecule has 5 nitrogen and oxygen atoms in total. The Hall–Kier alpha value is -1.87. The lowest BCUT2D eigenvalue weighted by atomic mass is 10.2. The minimum atomic E-state index is -4.46. The van der Waals surface area contributed by atoms with Gasteiger partial charge in [-0.1, -0.05) is 0 Å². The highest BCUT2D eigenvalue weighted by Gasteiger charge is 2.29. The minimum Gasteiger partial charge on any atom is -0.394 e. The number of amides is 2. The molecule has 0 aromatic heterocycles. The SMILES string of the molecule is Cc1cc(F)ccc1NC(=O)N(CCC(F)(F)F)C[C@H](O)CO. The third-order valence-electron chi connectivity index (χ3n) is 3.02. The topological polar surface area (TPSA) is 72.8 Å². The molecule has 23 heavy (non-hydrogen) atoms. The fourth-order valence-corrected chi connectivity index (χ4v) is 1.81. The van der Waals surface area contributed by atoms with Gasteiger partial charge in [-0.3, -0.25) is 0 Å². The van der Waals surface area contributed by atoms with Crippen molar-refractivity contribution in [1.82, 2.24) is 4.90 Å². The summed E-state index contributed by atoms with van der Waals surface area (Å²) in [4.78, 5) is 12.8. The van der Waals surface area contributed by atoms with E-state index in [1.54, 1.807) is 0 Å². The zero-order valence-corrected chi connectivity index (χ0v) is 12.4. The Kier molecular flexibility index (Phi) is 6.77. The summed E-state index contributed by atoms with van der Waals surface area (Å²) < 4.78 is 50.0. The average Bonchev–Trinajstić information content (AvgIpc) is 2.44. The molecule has 130 valence electrons. The van der Waals surface area contributed by atoms with Crippen molar-refractivity contribution >= 4 is 11.7 Å². The van der Waals surface area contributed by atoms with Crippen molar-refractivity contribution < 1.29 is 32.6 Å². The third kappa shape index (κ3) is 6.83. The summed E-state index contributed by atoms with van der Waals surface area (Å²) in [6.45, 7) is -0.294. The van der Waals surface area contributed by atoms with Gasteiger partial charge in [-0.05, 0) is 30.7 Å². The number of aryl methyl sites for hydroxylation is 1. The maximum Gasteiger partial charge on any atom is 0.390 e. The second-order valence-electron chi connectivity index (χ2n) is 5.04. The summed E-state index contributed by atoms with van der Waals surface area (Å²) in [5.41, 5.74) is 0.642. The maximum absolute atomic E-state index is 13.0. The van der Waals surface area contributed by atoms with Gasteiger partial charge < -0.3 is 20.4 Å². The number of halogens is 4. The Morgan fingerprint density at radius 2 is 2.04 bits per heavy atom. The molecule has 0 heterocycles. The van der Waals surface area contributed by atoms with Crippen LogP contribution in [0.5, 0.6) is 0 Å². The Labute approximate surface area is 130 Å². The molecule has 0 saturated carbocycles. The molecular formula is C14H18F4N2O3. The molecule has 9 heteroatoms. The third-order valence-corrected chi connectivity index (χ3v) is 3.02. The number of urea groups is 1. The zero-order chi connectivity index (χ0) is 17.6. The second kappa shape index (κ2) is 8.11. The van der Waals surface area contributed by atoms with Crippen molar-refractivity contribution in [1.29, 1.82) is 0 Å². The van der Waals surface area contributed by atoms with Gasteiger partial charge in [-0.2, -0.15) is 13.2 Å². The fraction of sp³-hybridized carbons (Fsp3) is 0.500. The van der Waals surface area contributed by atoms with Crippen LogP contribution in [-0.2, 0) is 0 Å². The Morgan fingerprint density at radius 3 is 2.57 bits per heavy atom. The lowest BCUT2D eigenvalue weighted by molar-refractivity contribution is -0.137. The smallest absolute Gasteiger partial charge is 0.390 e. The number of hydrogen-bond donors (Lipinski definition) is 3. The van der Waals surface area contributed by atoms with Crippen molar-refractivity contribution in [3.8, 4) is 0 Å². The van der Waals surface area contributed by atoms with Crippen molar-refractivity contribution in [3.05, 3.63) is 29.6 Å². The van der Waals surface area contributed by atoms with Gasteiger partial charge in [0.2, 0.25) is 0 Å². The fourth-order valence-electron chi connectivity index (χ4n) is 1.81. The van der Waals surface area contributed by atoms with Crippen molar-refractivity contribution in [2.75, 3.05) is 25.0 Å². The Balaban J connectivity index is 2.80. The lowest BCUT2D eigenvalue weighted by Gasteiger charge is -2.25. The summed E-state index contributed by atoms with van der Waals surface area (Å²) in [5, 5.41) is 20.5. The highest BCUT2D eigenvalue weighted by atomic mass is 19.4. The number of hydrogen-bond acceptors (Lipinski definition) is 3.